The van der Waals surface area contributed by atoms with Crippen molar-refractivity contribution >= 4 is 6.08 Å². The maximum Gasteiger partial charge on any atom is 0.0130 e. The van der Waals surface area contributed by atoms with Crippen molar-refractivity contribution in [3.05, 3.63) is 78.4 Å². The molecule has 0 amide bonds. The van der Waals surface area contributed by atoms with Crippen molar-refractivity contribution in [3.8, 4) is 0 Å². The molecule has 0 fully saturated rings. The molecule has 1 nitrogen and oxygen atoms in total. The van der Waals surface area contributed by atoms with Gasteiger partial charge < -0.3 is 4.90 Å². The molecule has 0 aromatic heterocycles. The standard InChI is InChI=1S/C17H29N.C8H8/c1-4-5-6-7-11-14-17(18(2)3)15-16-12-9-8-10-13-16;1-2-8-6-4-3-5-7-8/h8-10,12-13,17H,4-7,11,14-15H2,1-3H3;2-7H,1H2. The third kappa shape index (κ3) is 10.2. The second kappa shape index (κ2) is 14.3. The molecule has 1 atom stereocenters. The van der Waals surface area contributed by atoms with E-state index in [1.807, 2.05) is 36.4 Å². The second-order valence-electron chi connectivity index (χ2n) is 7.12. The molecule has 142 valence electrons. The summed E-state index contributed by atoms with van der Waals surface area (Å²) >= 11 is 0. The molecule has 0 saturated heterocycles. The smallest absolute Gasteiger partial charge is 0.0130 e. The molecule has 2 aromatic carbocycles. The van der Waals surface area contributed by atoms with Gasteiger partial charge in [-0.3, -0.25) is 0 Å². The summed E-state index contributed by atoms with van der Waals surface area (Å²) in [7, 11) is 4.42. The first-order chi connectivity index (χ1) is 12.7. The Hall–Kier alpha value is -1.86. The summed E-state index contributed by atoms with van der Waals surface area (Å²) in [6, 6.07) is 21.6. The van der Waals surface area contributed by atoms with E-state index in [1.54, 1.807) is 0 Å². The minimum absolute atomic E-state index is 0.689. The zero-order valence-electron chi connectivity index (χ0n) is 17.0. The Labute approximate surface area is 161 Å². The lowest BCUT2D eigenvalue weighted by Gasteiger charge is -2.24. The third-order valence-electron chi connectivity index (χ3n) is 4.72. The number of unbranched alkanes of at least 4 members (excludes halogenated alkanes) is 4. The summed E-state index contributed by atoms with van der Waals surface area (Å²) in [5.74, 6) is 0. The van der Waals surface area contributed by atoms with Crippen LogP contribution in [0.15, 0.2) is 67.2 Å². The van der Waals surface area contributed by atoms with Gasteiger partial charge in [-0.25, -0.2) is 0 Å². The molecule has 0 bridgehead atoms. The average Bonchev–Trinajstić information content (AvgIpc) is 2.68. The zero-order chi connectivity index (χ0) is 19.0. The highest BCUT2D eigenvalue weighted by molar-refractivity contribution is 5.45. The topological polar surface area (TPSA) is 3.24 Å². The monoisotopic (exact) mass is 351 g/mol. The van der Waals surface area contributed by atoms with Crippen molar-refractivity contribution in [1.82, 2.24) is 4.90 Å². The molecule has 1 heteroatoms. The molecule has 0 heterocycles. The van der Waals surface area contributed by atoms with Crippen molar-refractivity contribution < 1.29 is 0 Å². The lowest BCUT2D eigenvalue weighted by Crippen LogP contribution is -2.30. The van der Waals surface area contributed by atoms with Crippen molar-refractivity contribution in [2.45, 2.75) is 57.9 Å². The Morgan fingerprint density at radius 1 is 0.846 bits per heavy atom. The van der Waals surface area contributed by atoms with E-state index >= 15 is 0 Å². The molecule has 1 unspecified atom stereocenters. The molecule has 0 radical (unpaired) electrons. The Balaban J connectivity index is 0.000000350. The number of hydrogen-bond acceptors (Lipinski definition) is 1. The van der Waals surface area contributed by atoms with Crippen LogP contribution in [0.2, 0.25) is 0 Å². The number of nitrogens with zero attached hydrogens (tertiary/aromatic N) is 1. The van der Waals surface area contributed by atoms with Gasteiger partial charge in [0.25, 0.3) is 0 Å². The van der Waals surface area contributed by atoms with Gasteiger partial charge >= 0.3 is 0 Å². The van der Waals surface area contributed by atoms with Crippen molar-refractivity contribution in [1.29, 1.82) is 0 Å². The van der Waals surface area contributed by atoms with Gasteiger partial charge in [0, 0.05) is 6.04 Å². The van der Waals surface area contributed by atoms with Gasteiger partial charge in [-0.1, -0.05) is 112 Å². The Morgan fingerprint density at radius 3 is 1.92 bits per heavy atom. The summed E-state index contributed by atoms with van der Waals surface area (Å²) in [6.07, 6.45) is 11.2. The lowest BCUT2D eigenvalue weighted by atomic mass is 9.99. The van der Waals surface area contributed by atoms with Crippen molar-refractivity contribution in [2.75, 3.05) is 14.1 Å². The fraction of sp³-hybridized carbons (Fsp3) is 0.440. The van der Waals surface area contributed by atoms with Crippen LogP contribution in [0, 0.1) is 0 Å². The van der Waals surface area contributed by atoms with E-state index in [1.165, 1.54) is 56.1 Å². The van der Waals surface area contributed by atoms with Gasteiger partial charge in [-0.05, 0) is 38.1 Å². The summed E-state index contributed by atoms with van der Waals surface area (Å²) in [5, 5.41) is 0. The van der Waals surface area contributed by atoms with Crippen LogP contribution in [0.25, 0.3) is 6.08 Å². The molecular weight excluding hydrogens is 314 g/mol. The van der Waals surface area contributed by atoms with E-state index in [-0.39, 0.29) is 0 Å². The average molecular weight is 352 g/mol. The predicted octanol–water partition coefficient (Wildman–Crippen LogP) is 6.85. The van der Waals surface area contributed by atoms with Gasteiger partial charge in [0.1, 0.15) is 0 Å². The molecule has 26 heavy (non-hydrogen) atoms. The van der Waals surface area contributed by atoms with Crippen LogP contribution in [0.5, 0.6) is 0 Å². The highest BCUT2D eigenvalue weighted by Gasteiger charge is 2.11. The Bertz CT molecular complexity index is 559. The highest BCUT2D eigenvalue weighted by Crippen LogP contribution is 2.14. The highest BCUT2D eigenvalue weighted by atomic mass is 15.1. The van der Waals surface area contributed by atoms with Crippen LogP contribution >= 0.6 is 0 Å². The van der Waals surface area contributed by atoms with Crippen molar-refractivity contribution in [3.63, 3.8) is 0 Å². The Morgan fingerprint density at radius 2 is 1.42 bits per heavy atom. The van der Waals surface area contributed by atoms with Crippen molar-refractivity contribution in [2.24, 2.45) is 0 Å². The fourth-order valence-corrected chi connectivity index (χ4v) is 3.00. The van der Waals surface area contributed by atoms with Crippen LogP contribution in [0.3, 0.4) is 0 Å². The molecule has 0 aliphatic heterocycles. The summed E-state index contributed by atoms with van der Waals surface area (Å²) < 4.78 is 0. The molecule has 2 rings (SSSR count). The molecular formula is C25H37N. The van der Waals surface area contributed by atoms with Gasteiger partial charge in [-0.15, -0.1) is 0 Å². The summed E-state index contributed by atoms with van der Waals surface area (Å²) in [5.41, 5.74) is 2.64. The predicted molar refractivity (Wildman–Crippen MR) is 118 cm³/mol. The number of benzene rings is 2. The van der Waals surface area contributed by atoms with Gasteiger partial charge in [0.15, 0.2) is 0 Å². The summed E-state index contributed by atoms with van der Waals surface area (Å²) in [4.78, 5) is 2.38. The normalized spacial score (nSPS) is 11.5. The first kappa shape index (κ1) is 22.2. The Kier molecular flexibility index (Phi) is 12.2. The SMILES string of the molecule is C=Cc1ccccc1.CCCCCCCC(Cc1ccccc1)N(C)C. The third-order valence-corrected chi connectivity index (χ3v) is 4.72. The largest absolute Gasteiger partial charge is 0.306 e. The molecule has 0 N–H and O–H groups in total. The van der Waals surface area contributed by atoms with Gasteiger partial charge in [0.05, 0.1) is 0 Å². The molecule has 0 saturated carbocycles. The minimum Gasteiger partial charge on any atom is -0.306 e. The molecule has 2 aromatic rings. The van der Waals surface area contributed by atoms with Gasteiger partial charge in [0.2, 0.25) is 0 Å². The zero-order valence-corrected chi connectivity index (χ0v) is 17.0. The molecule has 0 aliphatic rings. The van der Waals surface area contributed by atoms with Crippen LogP contribution < -0.4 is 0 Å². The molecule has 0 spiro atoms. The van der Waals surface area contributed by atoms with E-state index in [0.717, 1.165) is 0 Å². The quantitative estimate of drug-likeness (QED) is 0.423. The van der Waals surface area contributed by atoms with Crippen LogP contribution in [0.1, 0.15) is 56.6 Å². The fourth-order valence-electron chi connectivity index (χ4n) is 3.00. The van der Waals surface area contributed by atoms with E-state index in [2.05, 4.69) is 62.8 Å². The van der Waals surface area contributed by atoms with E-state index in [9.17, 15) is 0 Å². The number of hydrogen-bond donors (Lipinski definition) is 0. The van der Waals surface area contributed by atoms with Gasteiger partial charge in [-0.2, -0.15) is 0 Å². The maximum absolute atomic E-state index is 3.63. The first-order valence-corrected chi connectivity index (χ1v) is 10.0. The van der Waals surface area contributed by atoms with E-state index in [0.29, 0.717) is 6.04 Å². The first-order valence-electron chi connectivity index (χ1n) is 10.0. The number of rotatable bonds is 10. The second-order valence-corrected chi connectivity index (χ2v) is 7.12. The lowest BCUT2D eigenvalue weighted by molar-refractivity contribution is 0.269. The minimum atomic E-state index is 0.689. The molecule has 0 aliphatic carbocycles. The van der Waals surface area contributed by atoms with E-state index in [4.69, 9.17) is 0 Å². The number of likely N-dealkylation sites (N-methyl/N-ethyl adjacent to an activating group) is 1. The van der Waals surface area contributed by atoms with Crippen LogP contribution in [-0.4, -0.2) is 25.0 Å². The van der Waals surface area contributed by atoms with E-state index < -0.39 is 0 Å². The summed E-state index contributed by atoms with van der Waals surface area (Å²) in [6.45, 7) is 5.91. The van der Waals surface area contributed by atoms with Crippen LogP contribution in [0.4, 0.5) is 0 Å². The maximum atomic E-state index is 3.63. The van der Waals surface area contributed by atoms with Crippen LogP contribution in [-0.2, 0) is 6.42 Å².